The van der Waals surface area contributed by atoms with E-state index in [1.807, 2.05) is 0 Å². The first-order chi connectivity index (χ1) is 8.80. The molecule has 0 heterocycles. The summed E-state index contributed by atoms with van der Waals surface area (Å²) < 4.78 is 25.9. The monoisotopic (exact) mass is 271 g/mol. The molecule has 0 aliphatic rings. The van der Waals surface area contributed by atoms with Crippen LogP contribution in [0.4, 0.5) is 8.78 Å². The Hall–Kier alpha value is -1.00. The lowest BCUT2D eigenvalue weighted by Gasteiger charge is -2.24. The van der Waals surface area contributed by atoms with Crippen LogP contribution in [0, 0.1) is 17.6 Å². The van der Waals surface area contributed by atoms with Crippen LogP contribution in [0.1, 0.15) is 32.8 Å². The molecule has 1 unspecified atom stereocenters. The van der Waals surface area contributed by atoms with Crippen molar-refractivity contribution in [2.45, 2.75) is 39.2 Å². The maximum atomic E-state index is 13.1. The van der Waals surface area contributed by atoms with Crippen LogP contribution in [0.3, 0.4) is 0 Å². The zero-order valence-corrected chi connectivity index (χ0v) is 11.8. The van der Waals surface area contributed by atoms with Crippen molar-refractivity contribution in [1.82, 2.24) is 5.32 Å². The van der Waals surface area contributed by atoms with Gasteiger partial charge >= 0.3 is 0 Å². The van der Waals surface area contributed by atoms with Crippen LogP contribution in [0.2, 0.25) is 0 Å². The summed E-state index contributed by atoms with van der Waals surface area (Å²) in [5, 5.41) is 13.5. The van der Waals surface area contributed by atoms with Gasteiger partial charge in [-0.15, -0.1) is 0 Å². The first kappa shape index (κ1) is 16.1. The normalized spacial score (nSPS) is 14.7. The summed E-state index contributed by atoms with van der Waals surface area (Å²) in [6.07, 6.45) is 0.881. The maximum Gasteiger partial charge on any atom is 0.159 e. The molecule has 0 fully saturated rings. The quantitative estimate of drug-likeness (QED) is 0.747. The van der Waals surface area contributed by atoms with Gasteiger partial charge in [0.25, 0.3) is 0 Å². The van der Waals surface area contributed by atoms with E-state index < -0.39 is 17.2 Å². The van der Waals surface area contributed by atoms with E-state index in [1.54, 1.807) is 6.92 Å². The Kier molecular flexibility index (Phi) is 5.88. The molecule has 0 amide bonds. The van der Waals surface area contributed by atoms with Crippen LogP contribution in [0.15, 0.2) is 18.2 Å². The molecule has 0 bridgehead atoms. The Morgan fingerprint density at radius 2 is 1.95 bits per heavy atom. The van der Waals surface area contributed by atoms with Crippen LogP contribution in [-0.4, -0.2) is 23.8 Å². The summed E-state index contributed by atoms with van der Waals surface area (Å²) in [4.78, 5) is 0. The van der Waals surface area contributed by atoms with E-state index in [0.29, 0.717) is 30.9 Å². The highest BCUT2D eigenvalue weighted by atomic mass is 19.2. The molecule has 108 valence electrons. The summed E-state index contributed by atoms with van der Waals surface area (Å²) >= 11 is 0. The minimum absolute atomic E-state index is 0.313. The second kappa shape index (κ2) is 6.96. The van der Waals surface area contributed by atoms with Crippen LogP contribution < -0.4 is 5.32 Å². The summed E-state index contributed by atoms with van der Waals surface area (Å²) in [6, 6.07) is 3.75. The molecular weight excluding hydrogens is 248 g/mol. The van der Waals surface area contributed by atoms with Crippen LogP contribution in [-0.2, 0) is 6.42 Å². The SMILES string of the molecule is CC(C)CNCCC(C)(O)Cc1ccc(F)c(F)c1. The third kappa shape index (κ3) is 6.12. The van der Waals surface area contributed by atoms with Crippen LogP contribution in [0.5, 0.6) is 0 Å². The lowest BCUT2D eigenvalue weighted by atomic mass is 9.93. The molecule has 0 aliphatic carbocycles. The summed E-state index contributed by atoms with van der Waals surface area (Å²) in [5.41, 5.74) is -0.318. The standard InChI is InChI=1S/C15H23F2NO/c1-11(2)10-18-7-6-15(3,19)9-12-4-5-13(16)14(17)8-12/h4-5,8,11,18-19H,6-7,9-10H2,1-3H3. The van der Waals surface area contributed by atoms with Crippen molar-refractivity contribution in [2.24, 2.45) is 5.92 Å². The fourth-order valence-corrected chi connectivity index (χ4v) is 1.93. The van der Waals surface area contributed by atoms with Crippen molar-refractivity contribution in [3.63, 3.8) is 0 Å². The molecule has 1 atom stereocenters. The second-order valence-electron chi connectivity index (χ2n) is 5.77. The average molecular weight is 271 g/mol. The molecule has 1 aromatic carbocycles. The molecule has 0 aliphatic heterocycles. The van der Waals surface area contributed by atoms with E-state index in [2.05, 4.69) is 19.2 Å². The minimum atomic E-state index is -0.922. The Morgan fingerprint density at radius 3 is 2.53 bits per heavy atom. The Bertz CT molecular complexity index is 405. The number of halogens is 2. The van der Waals surface area contributed by atoms with Gasteiger partial charge < -0.3 is 10.4 Å². The molecule has 1 aromatic rings. The predicted molar refractivity (Wildman–Crippen MR) is 73.0 cm³/mol. The first-order valence-electron chi connectivity index (χ1n) is 6.67. The van der Waals surface area contributed by atoms with Gasteiger partial charge in [0.2, 0.25) is 0 Å². The Labute approximate surface area is 113 Å². The topological polar surface area (TPSA) is 32.3 Å². The third-order valence-corrected chi connectivity index (χ3v) is 2.96. The lowest BCUT2D eigenvalue weighted by molar-refractivity contribution is 0.0513. The molecule has 2 N–H and O–H groups in total. The highest BCUT2D eigenvalue weighted by Gasteiger charge is 2.21. The molecule has 0 saturated carbocycles. The molecule has 4 heteroatoms. The number of hydrogen-bond donors (Lipinski definition) is 2. The molecule has 0 radical (unpaired) electrons. The molecule has 0 saturated heterocycles. The third-order valence-electron chi connectivity index (χ3n) is 2.96. The molecule has 19 heavy (non-hydrogen) atoms. The van der Waals surface area contributed by atoms with Gasteiger partial charge in [-0.3, -0.25) is 0 Å². The number of rotatable bonds is 7. The largest absolute Gasteiger partial charge is 0.390 e. The number of nitrogens with one attached hydrogen (secondary N) is 1. The van der Waals surface area contributed by atoms with E-state index in [-0.39, 0.29) is 0 Å². The van der Waals surface area contributed by atoms with Gasteiger partial charge in [0.05, 0.1) is 5.60 Å². The van der Waals surface area contributed by atoms with Gasteiger partial charge in [-0.05, 0) is 50.0 Å². The minimum Gasteiger partial charge on any atom is -0.390 e. The van der Waals surface area contributed by atoms with E-state index in [9.17, 15) is 13.9 Å². The highest BCUT2D eigenvalue weighted by molar-refractivity contribution is 5.19. The molecule has 0 spiro atoms. The number of hydrogen-bond acceptors (Lipinski definition) is 2. The van der Waals surface area contributed by atoms with Gasteiger partial charge in [0.1, 0.15) is 0 Å². The van der Waals surface area contributed by atoms with Gasteiger partial charge in [0.15, 0.2) is 11.6 Å². The van der Waals surface area contributed by atoms with Gasteiger partial charge in [-0.1, -0.05) is 19.9 Å². The van der Waals surface area contributed by atoms with Crippen LogP contribution in [0.25, 0.3) is 0 Å². The molecule has 0 aromatic heterocycles. The smallest absolute Gasteiger partial charge is 0.159 e. The Morgan fingerprint density at radius 1 is 1.26 bits per heavy atom. The van der Waals surface area contributed by atoms with Crippen molar-refractivity contribution in [3.8, 4) is 0 Å². The van der Waals surface area contributed by atoms with Gasteiger partial charge in [-0.2, -0.15) is 0 Å². The lowest BCUT2D eigenvalue weighted by Crippen LogP contribution is -2.33. The zero-order valence-electron chi connectivity index (χ0n) is 11.8. The van der Waals surface area contributed by atoms with E-state index in [0.717, 1.165) is 18.7 Å². The van der Waals surface area contributed by atoms with E-state index >= 15 is 0 Å². The predicted octanol–water partition coefficient (Wildman–Crippen LogP) is 2.89. The summed E-state index contributed by atoms with van der Waals surface area (Å²) in [6.45, 7) is 7.56. The van der Waals surface area contributed by atoms with E-state index in [4.69, 9.17) is 0 Å². The summed E-state index contributed by atoms with van der Waals surface area (Å²) in [5.74, 6) is -1.16. The molecule has 2 nitrogen and oxygen atoms in total. The Balaban J connectivity index is 2.46. The summed E-state index contributed by atoms with van der Waals surface area (Å²) in [7, 11) is 0. The molecular formula is C15H23F2NO. The maximum absolute atomic E-state index is 13.1. The average Bonchev–Trinajstić information content (AvgIpc) is 2.29. The number of benzene rings is 1. The van der Waals surface area contributed by atoms with Crippen molar-refractivity contribution < 1.29 is 13.9 Å². The van der Waals surface area contributed by atoms with E-state index in [1.165, 1.54) is 6.07 Å². The van der Waals surface area contributed by atoms with Gasteiger partial charge in [0, 0.05) is 6.42 Å². The fourth-order valence-electron chi connectivity index (χ4n) is 1.93. The molecule has 1 rings (SSSR count). The van der Waals surface area contributed by atoms with Crippen molar-refractivity contribution in [1.29, 1.82) is 0 Å². The number of aliphatic hydroxyl groups is 1. The van der Waals surface area contributed by atoms with Crippen molar-refractivity contribution >= 4 is 0 Å². The zero-order chi connectivity index (χ0) is 14.5. The van der Waals surface area contributed by atoms with Crippen LogP contribution >= 0.6 is 0 Å². The van der Waals surface area contributed by atoms with Crippen molar-refractivity contribution in [3.05, 3.63) is 35.4 Å². The van der Waals surface area contributed by atoms with Gasteiger partial charge in [-0.25, -0.2) is 8.78 Å². The fraction of sp³-hybridized carbons (Fsp3) is 0.600. The van der Waals surface area contributed by atoms with Crippen molar-refractivity contribution in [2.75, 3.05) is 13.1 Å². The second-order valence-corrected chi connectivity index (χ2v) is 5.77. The highest BCUT2D eigenvalue weighted by Crippen LogP contribution is 2.18. The first-order valence-corrected chi connectivity index (χ1v) is 6.67.